The third-order valence-corrected chi connectivity index (χ3v) is 1.70. The maximum Gasteiger partial charge on any atom is 0.341 e. The summed E-state index contributed by atoms with van der Waals surface area (Å²) in [6.45, 7) is 0. The van der Waals surface area contributed by atoms with Crippen molar-refractivity contribution in [1.29, 1.82) is 0 Å². The number of aromatic nitrogens is 3. The highest BCUT2D eigenvalue weighted by Gasteiger charge is 2.11. The van der Waals surface area contributed by atoms with Gasteiger partial charge in [-0.2, -0.15) is 5.10 Å². The molecule has 0 amide bonds. The molecule has 0 atom stereocenters. The fourth-order valence-electron chi connectivity index (χ4n) is 1.11. The van der Waals surface area contributed by atoms with Gasteiger partial charge in [-0.15, -0.1) is 0 Å². The van der Waals surface area contributed by atoms with Crippen molar-refractivity contribution in [2.75, 3.05) is 7.11 Å². The average molecular weight is 177 g/mol. The minimum absolute atomic E-state index is 0.404. The van der Waals surface area contributed by atoms with E-state index >= 15 is 0 Å². The molecule has 0 bridgehead atoms. The lowest BCUT2D eigenvalue weighted by atomic mass is 10.3. The summed E-state index contributed by atoms with van der Waals surface area (Å²) in [7, 11) is 1.34. The first-order valence-corrected chi connectivity index (χ1v) is 3.69. The topological polar surface area (TPSA) is 56.5 Å². The fourth-order valence-corrected chi connectivity index (χ4v) is 1.11. The van der Waals surface area contributed by atoms with E-state index in [0.717, 1.165) is 0 Å². The van der Waals surface area contributed by atoms with Gasteiger partial charge in [-0.05, 0) is 6.07 Å². The molecule has 0 saturated heterocycles. The van der Waals surface area contributed by atoms with Crippen LogP contribution in [0.2, 0.25) is 0 Å². The van der Waals surface area contributed by atoms with Crippen molar-refractivity contribution < 1.29 is 9.53 Å². The summed E-state index contributed by atoms with van der Waals surface area (Å²) in [6, 6.07) is 1.58. The predicted molar refractivity (Wildman–Crippen MR) is 44.3 cm³/mol. The van der Waals surface area contributed by atoms with E-state index in [4.69, 9.17) is 0 Å². The molecule has 0 aromatic carbocycles. The van der Waals surface area contributed by atoms with E-state index in [1.165, 1.54) is 17.8 Å². The van der Waals surface area contributed by atoms with Gasteiger partial charge in [-0.1, -0.05) is 0 Å². The zero-order chi connectivity index (χ0) is 9.26. The molecule has 0 N–H and O–H groups in total. The fraction of sp³-hybridized carbons (Fsp3) is 0.125. The van der Waals surface area contributed by atoms with Crippen molar-refractivity contribution in [3.63, 3.8) is 0 Å². The Labute approximate surface area is 74.0 Å². The Kier molecular flexibility index (Phi) is 1.70. The molecule has 0 saturated carbocycles. The zero-order valence-electron chi connectivity index (χ0n) is 6.97. The zero-order valence-corrected chi connectivity index (χ0v) is 6.97. The number of fused-ring (bicyclic) bond motifs is 1. The minimum atomic E-state index is -0.404. The smallest absolute Gasteiger partial charge is 0.341 e. The van der Waals surface area contributed by atoms with Crippen molar-refractivity contribution in [1.82, 2.24) is 14.6 Å². The van der Waals surface area contributed by atoms with Gasteiger partial charge in [0.2, 0.25) is 0 Å². The summed E-state index contributed by atoms with van der Waals surface area (Å²) in [4.78, 5) is 15.2. The SMILES string of the molecule is COC(=O)c1ccnn2ccnc12. The Morgan fingerprint density at radius 3 is 3.15 bits per heavy atom. The quantitative estimate of drug-likeness (QED) is 0.596. The van der Waals surface area contributed by atoms with Crippen LogP contribution in [0.3, 0.4) is 0 Å². The molecule has 0 fully saturated rings. The van der Waals surface area contributed by atoms with Gasteiger partial charge < -0.3 is 4.74 Å². The molecule has 2 aromatic heterocycles. The van der Waals surface area contributed by atoms with Crippen LogP contribution in [0, 0.1) is 0 Å². The Bertz CT molecular complexity index is 449. The highest BCUT2D eigenvalue weighted by atomic mass is 16.5. The number of ether oxygens (including phenoxy) is 1. The van der Waals surface area contributed by atoms with Crippen LogP contribution in [-0.2, 0) is 4.74 Å². The number of carbonyl (C=O) groups is 1. The average Bonchev–Trinajstić information content (AvgIpc) is 2.63. The van der Waals surface area contributed by atoms with Gasteiger partial charge in [0.05, 0.1) is 7.11 Å². The van der Waals surface area contributed by atoms with Crippen LogP contribution in [0.15, 0.2) is 24.7 Å². The predicted octanol–water partition coefficient (Wildman–Crippen LogP) is 0.516. The highest BCUT2D eigenvalue weighted by Crippen LogP contribution is 2.07. The van der Waals surface area contributed by atoms with Crippen LogP contribution in [-0.4, -0.2) is 27.7 Å². The second-order valence-corrected chi connectivity index (χ2v) is 2.43. The van der Waals surface area contributed by atoms with Gasteiger partial charge in [0.15, 0.2) is 5.65 Å². The summed E-state index contributed by atoms with van der Waals surface area (Å²) >= 11 is 0. The van der Waals surface area contributed by atoms with Crippen molar-refractivity contribution in [3.05, 3.63) is 30.2 Å². The molecule has 0 spiro atoms. The van der Waals surface area contributed by atoms with Crippen molar-refractivity contribution in [2.45, 2.75) is 0 Å². The normalized spacial score (nSPS) is 10.2. The molecule has 0 aliphatic carbocycles. The van der Waals surface area contributed by atoms with Crippen molar-refractivity contribution in [3.8, 4) is 0 Å². The number of nitrogens with zero attached hydrogens (tertiary/aromatic N) is 3. The van der Waals surface area contributed by atoms with E-state index in [1.54, 1.807) is 18.5 Å². The molecule has 13 heavy (non-hydrogen) atoms. The van der Waals surface area contributed by atoms with Gasteiger partial charge in [-0.3, -0.25) is 0 Å². The third-order valence-electron chi connectivity index (χ3n) is 1.70. The van der Waals surface area contributed by atoms with Crippen LogP contribution in [0.4, 0.5) is 0 Å². The molecule has 2 heterocycles. The second-order valence-electron chi connectivity index (χ2n) is 2.43. The van der Waals surface area contributed by atoms with Crippen LogP contribution in [0.25, 0.3) is 5.65 Å². The number of methoxy groups -OCH3 is 1. The molecule has 5 nitrogen and oxygen atoms in total. The first kappa shape index (κ1) is 7.72. The summed E-state index contributed by atoms with van der Waals surface area (Å²) in [5.74, 6) is -0.404. The van der Waals surface area contributed by atoms with Crippen molar-refractivity contribution >= 4 is 11.6 Å². The number of hydrogen-bond donors (Lipinski definition) is 0. The van der Waals surface area contributed by atoms with Gasteiger partial charge in [0, 0.05) is 18.6 Å². The van der Waals surface area contributed by atoms with Gasteiger partial charge in [-0.25, -0.2) is 14.3 Å². The number of esters is 1. The third kappa shape index (κ3) is 1.14. The van der Waals surface area contributed by atoms with Gasteiger partial charge >= 0.3 is 5.97 Å². The van der Waals surface area contributed by atoms with Gasteiger partial charge in [0.1, 0.15) is 5.56 Å². The summed E-state index contributed by atoms with van der Waals surface area (Å²) in [6.07, 6.45) is 4.78. The summed E-state index contributed by atoms with van der Waals surface area (Å²) < 4.78 is 6.11. The molecule has 2 aromatic rings. The Balaban J connectivity index is 2.67. The minimum Gasteiger partial charge on any atom is -0.465 e. The van der Waals surface area contributed by atoms with E-state index < -0.39 is 5.97 Å². The summed E-state index contributed by atoms with van der Waals surface area (Å²) in [5, 5.41) is 3.96. The van der Waals surface area contributed by atoms with Gasteiger partial charge in [0.25, 0.3) is 0 Å². The van der Waals surface area contributed by atoms with E-state index in [-0.39, 0.29) is 0 Å². The first-order chi connectivity index (χ1) is 6.33. The molecule has 0 aliphatic heterocycles. The summed E-state index contributed by atoms with van der Waals surface area (Å²) in [5.41, 5.74) is 0.928. The Hall–Kier alpha value is -1.91. The monoisotopic (exact) mass is 177 g/mol. The molecule has 66 valence electrons. The first-order valence-electron chi connectivity index (χ1n) is 3.69. The lowest BCUT2D eigenvalue weighted by molar-refractivity contribution is 0.0602. The molecular weight excluding hydrogens is 170 g/mol. The number of carbonyl (C=O) groups excluding carboxylic acids is 1. The van der Waals surface area contributed by atoms with E-state index in [0.29, 0.717) is 11.2 Å². The number of imidazole rings is 1. The molecule has 2 rings (SSSR count). The lowest BCUT2D eigenvalue weighted by Crippen LogP contribution is -2.05. The van der Waals surface area contributed by atoms with Crippen LogP contribution in [0.1, 0.15) is 10.4 Å². The van der Waals surface area contributed by atoms with E-state index in [1.807, 2.05) is 0 Å². The Morgan fingerprint density at radius 2 is 2.38 bits per heavy atom. The maximum absolute atomic E-state index is 11.2. The Morgan fingerprint density at radius 1 is 1.54 bits per heavy atom. The standard InChI is InChI=1S/C8H7N3O2/c1-13-8(12)6-2-3-10-11-5-4-9-7(6)11/h2-5H,1H3. The second kappa shape index (κ2) is 2.85. The van der Waals surface area contributed by atoms with Crippen LogP contribution < -0.4 is 0 Å². The van der Waals surface area contributed by atoms with Crippen molar-refractivity contribution in [2.24, 2.45) is 0 Å². The molecule has 0 unspecified atom stereocenters. The van der Waals surface area contributed by atoms with E-state index in [2.05, 4.69) is 14.8 Å². The highest BCUT2D eigenvalue weighted by molar-refractivity contribution is 5.95. The molecule has 5 heteroatoms. The van der Waals surface area contributed by atoms with Crippen LogP contribution in [0.5, 0.6) is 0 Å². The maximum atomic E-state index is 11.2. The number of hydrogen-bond acceptors (Lipinski definition) is 4. The molecular formula is C8H7N3O2. The number of rotatable bonds is 1. The largest absolute Gasteiger partial charge is 0.465 e. The van der Waals surface area contributed by atoms with Crippen LogP contribution >= 0.6 is 0 Å². The van der Waals surface area contributed by atoms with E-state index in [9.17, 15) is 4.79 Å². The molecule has 0 aliphatic rings. The lowest BCUT2D eigenvalue weighted by Gasteiger charge is -1.99. The molecule has 0 radical (unpaired) electrons.